The second-order valence-electron chi connectivity index (χ2n) is 2.89. The fourth-order valence-electron chi connectivity index (χ4n) is 0.990. The summed E-state index contributed by atoms with van der Waals surface area (Å²) >= 11 is 1.46. The van der Waals surface area contributed by atoms with Crippen molar-refractivity contribution in [3.05, 3.63) is 22.4 Å². The Hall–Kier alpha value is -1.56. The van der Waals surface area contributed by atoms with E-state index < -0.39 is 18.4 Å². The van der Waals surface area contributed by atoms with Gasteiger partial charge in [0, 0.05) is 11.8 Å². The van der Waals surface area contributed by atoms with Crippen LogP contribution in [0.3, 0.4) is 0 Å². The second-order valence-corrected chi connectivity index (χ2v) is 3.92. The molecule has 0 aliphatic rings. The maximum atomic E-state index is 11.3. The van der Waals surface area contributed by atoms with Gasteiger partial charge >= 0.3 is 12.1 Å². The molecule has 6 heteroatoms. The highest BCUT2D eigenvalue weighted by Crippen LogP contribution is 2.10. The molecule has 0 aliphatic heterocycles. The molecule has 0 bridgehead atoms. The Labute approximate surface area is 96.9 Å². The molecule has 0 radical (unpaired) electrons. The van der Waals surface area contributed by atoms with Crippen molar-refractivity contribution in [1.29, 1.82) is 0 Å². The van der Waals surface area contributed by atoms with Gasteiger partial charge < -0.3 is 14.2 Å². The summed E-state index contributed by atoms with van der Waals surface area (Å²) in [5.41, 5.74) is 0. The summed E-state index contributed by atoms with van der Waals surface area (Å²) in [7, 11) is 1.18. The SMILES string of the molecule is COC(=O)OC(C)OC(=O)Cc1cccs1. The normalized spacial score (nSPS) is 11.6. The molecule has 0 saturated carbocycles. The Morgan fingerprint density at radius 1 is 1.44 bits per heavy atom. The van der Waals surface area contributed by atoms with E-state index in [4.69, 9.17) is 4.74 Å². The number of hydrogen-bond acceptors (Lipinski definition) is 6. The van der Waals surface area contributed by atoms with Gasteiger partial charge in [-0.2, -0.15) is 0 Å². The van der Waals surface area contributed by atoms with Crippen LogP contribution in [-0.4, -0.2) is 25.5 Å². The standard InChI is InChI=1S/C10H12O5S/c1-7(15-10(12)13-2)14-9(11)6-8-4-3-5-16-8/h3-5,7H,6H2,1-2H3. The van der Waals surface area contributed by atoms with Crippen molar-refractivity contribution in [2.75, 3.05) is 7.11 Å². The number of carbonyl (C=O) groups is 2. The molecule has 1 aromatic rings. The van der Waals surface area contributed by atoms with Crippen LogP contribution in [0, 0.1) is 0 Å². The van der Waals surface area contributed by atoms with Gasteiger partial charge in [0.2, 0.25) is 6.29 Å². The van der Waals surface area contributed by atoms with E-state index in [0.717, 1.165) is 4.88 Å². The lowest BCUT2D eigenvalue weighted by molar-refractivity contribution is -0.166. The molecule has 0 spiro atoms. The summed E-state index contributed by atoms with van der Waals surface area (Å²) in [5, 5.41) is 1.87. The van der Waals surface area contributed by atoms with Crippen LogP contribution in [-0.2, 0) is 25.4 Å². The number of thiophene rings is 1. The van der Waals surface area contributed by atoms with Gasteiger partial charge in [-0.3, -0.25) is 4.79 Å². The molecule has 0 saturated heterocycles. The van der Waals surface area contributed by atoms with Crippen molar-refractivity contribution in [2.24, 2.45) is 0 Å². The summed E-state index contributed by atoms with van der Waals surface area (Å²) in [5.74, 6) is -0.446. The predicted molar refractivity (Wildman–Crippen MR) is 57.1 cm³/mol. The lowest BCUT2D eigenvalue weighted by Crippen LogP contribution is -2.22. The predicted octanol–water partition coefficient (Wildman–Crippen LogP) is 1.96. The molecule has 1 atom stereocenters. The minimum absolute atomic E-state index is 0.173. The summed E-state index contributed by atoms with van der Waals surface area (Å²) in [4.78, 5) is 22.9. The first-order chi connectivity index (χ1) is 7.61. The van der Waals surface area contributed by atoms with Crippen LogP contribution in [0.1, 0.15) is 11.8 Å². The minimum Gasteiger partial charge on any atom is -0.438 e. The number of rotatable bonds is 4. The molecular formula is C10H12O5S. The van der Waals surface area contributed by atoms with Gasteiger partial charge in [0.05, 0.1) is 13.5 Å². The molecule has 1 aromatic heterocycles. The van der Waals surface area contributed by atoms with Crippen molar-refractivity contribution in [3.63, 3.8) is 0 Å². The summed E-state index contributed by atoms with van der Waals surface area (Å²) in [6.45, 7) is 1.45. The van der Waals surface area contributed by atoms with Gasteiger partial charge in [-0.15, -0.1) is 11.3 Å². The van der Waals surface area contributed by atoms with E-state index in [9.17, 15) is 9.59 Å². The Morgan fingerprint density at radius 3 is 2.75 bits per heavy atom. The lowest BCUT2D eigenvalue weighted by Gasteiger charge is -2.12. The van der Waals surface area contributed by atoms with Gasteiger partial charge in [0.15, 0.2) is 0 Å². The van der Waals surface area contributed by atoms with Crippen molar-refractivity contribution in [3.8, 4) is 0 Å². The lowest BCUT2D eigenvalue weighted by atomic mass is 10.3. The largest absolute Gasteiger partial charge is 0.511 e. The molecular weight excluding hydrogens is 232 g/mol. The third-order valence-corrected chi connectivity index (χ3v) is 2.50. The van der Waals surface area contributed by atoms with Gasteiger partial charge in [0.1, 0.15) is 0 Å². The molecule has 0 fully saturated rings. The molecule has 1 heterocycles. The number of methoxy groups -OCH3 is 1. The first-order valence-electron chi connectivity index (χ1n) is 4.58. The average molecular weight is 244 g/mol. The highest BCUT2D eigenvalue weighted by Gasteiger charge is 2.14. The highest BCUT2D eigenvalue weighted by atomic mass is 32.1. The molecule has 5 nitrogen and oxygen atoms in total. The third kappa shape index (κ3) is 4.31. The van der Waals surface area contributed by atoms with E-state index >= 15 is 0 Å². The molecule has 1 rings (SSSR count). The number of carbonyl (C=O) groups excluding carboxylic acids is 2. The van der Waals surface area contributed by atoms with Crippen molar-refractivity contribution < 1.29 is 23.8 Å². The van der Waals surface area contributed by atoms with E-state index in [1.807, 2.05) is 17.5 Å². The van der Waals surface area contributed by atoms with Crippen molar-refractivity contribution in [1.82, 2.24) is 0 Å². The molecule has 0 amide bonds. The number of esters is 1. The zero-order chi connectivity index (χ0) is 12.0. The van der Waals surface area contributed by atoms with Crippen LogP contribution < -0.4 is 0 Å². The zero-order valence-electron chi connectivity index (χ0n) is 8.97. The highest BCUT2D eigenvalue weighted by molar-refractivity contribution is 7.10. The van der Waals surface area contributed by atoms with E-state index in [1.54, 1.807) is 0 Å². The number of ether oxygens (including phenoxy) is 3. The van der Waals surface area contributed by atoms with Crippen molar-refractivity contribution >= 4 is 23.5 Å². The van der Waals surface area contributed by atoms with Gasteiger partial charge in [0.25, 0.3) is 0 Å². The van der Waals surface area contributed by atoms with Crippen LogP contribution in [0.2, 0.25) is 0 Å². The summed E-state index contributed by atoms with van der Waals surface area (Å²) in [6.07, 6.45) is -1.65. The topological polar surface area (TPSA) is 61.8 Å². The van der Waals surface area contributed by atoms with E-state index in [1.165, 1.54) is 25.4 Å². The Kier molecular flexibility index (Phi) is 4.78. The van der Waals surface area contributed by atoms with Crippen LogP contribution >= 0.6 is 11.3 Å². The smallest absolute Gasteiger partial charge is 0.438 e. The Bertz CT molecular complexity index is 346. The quantitative estimate of drug-likeness (QED) is 0.598. The average Bonchev–Trinajstić information content (AvgIpc) is 2.69. The molecule has 88 valence electrons. The van der Waals surface area contributed by atoms with Gasteiger partial charge in [-0.1, -0.05) is 6.07 Å². The van der Waals surface area contributed by atoms with Gasteiger partial charge in [-0.25, -0.2) is 4.79 Å². The van der Waals surface area contributed by atoms with Crippen molar-refractivity contribution in [2.45, 2.75) is 19.6 Å². The summed E-state index contributed by atoms with van der Waals surface area (Å²) < 4.78 is 13.7. The maximum Gasteiger partial charge on any atom is 0.511 e. The fourth-order valence-corrected chi connectivity index (χ4v) is 1.68. The molecule has 1 unspecified atom stereocenters. The Morgan fingerprint density at radius 2 is 2.19 bits per heavy atom. The summed E-state index contributed by atoms with van der Waals surface area (Å²) in [6, 6.07) is 3.68. The maximum absolute atomic E-state index is 11.3. The molecule has 0 aliphatic carbocycles. The Balaban J connectivity index is 2.31. The number of hydrogen-bond donors (Lipinski definition) is 0. The van der Waals surface area contributed by atoms with Crippen LogP contribution in [0.4, 0.5) is 4.79 Å². The van der Waals surface area contributed by atoms with E-state index in [2.05, 4.69) is 9.47 Å². The van der Waals surface area contributed by atoms with E-state index in [0.29, 0.717) is 0 Å². The van der Waals surface area contributed by atoms with Crippen LogP contribution in [0.5, 0.6) is 0 Å². The zero-order valence-corrected chi connectivity index (χ0v) is 9.78. The van der Waals surface area contributed by atoms with E-state index in [-0.39, 0.29) is 6.42 Å². The second kappa shape index (κ2) is 6.12. The fraction of sp³-hybridized carbons (Fsp3) is 0.400. The molecule has 16 heavy (non-hydrogen) atoms. The minimum atomic E-state index is -0.945. The van der Waals surface area contributed by atoms with Crippen LogP contribution in [0.25, 0.3) is 0 Å². The first-order valence-corrected chi connectivity index (χ1v) is 5.46. The monoisotopic (exact) mass is 244 g/mol. The first kappa shape index (κ1) is 12.5. The van der Waals surface area contributed by atoms with Gasteiger partial charge in [-0.05, 0) is 11.4 Å². The molecule has 0 aromatic carbocycles. The van der Waals surface area contributed by atoms with Crippen LogP contribution in [0.15, 0.2) is 17.5 Å². The molecule has 0 N–H and O–H groups in total. The third-order valence-electron chi connectivity index (χ3n) is 1.62.